The van der Waals surface area contributed by atoms with Gasteiger partial charge in [0.2, 0.25) is 0 Å². The molecule has 20 nitrogen and oxygen atoms in total. The summed E-state index contributed by atoms with van der Waals surface area (Å²) < 4.78 is 95.5. The van der Waals surface area contributed by atoms with E-state index in [1.165, 1.54) is 0 Å². The second kappa shape index (κ2) is 42.2. The Kier molecular flexibility index (Phi) is 34.5. The lowest BCUT2D eigenvalue weighted by atomic mass is 9.90. The second-order valence-corrected chi connectivity index (χ2v) is 29.5. The summed E-state index contributed by atoms with van der Waals surface area (Å²) in [6.07, 6.45) is 2.88. The van der Waals surface area contributed by atoms with Crippen molar-refractivity contribution in [3.8, 4) is 46.0 Å². The molecule has 0 aromatic heterocycles. The largest absolute Gasteiger partial charge is 0.640 e. The fourth-order valence-corrected chi connectivity index (χ4v) is 11.3. The van der Waals surface area contributed by atoms with Crippen molar-refractivity contribution in [2.24, 2.45) is 5.41 Å². The van der Waals surface area contributed by atoms with E-state index >= 15 is 0 Å². The summed E-state index contributed by atoms with van der Waals surface area (Å²) in [7, 11) is -2.54. The van der Waals surface area contributed by atoms with E-state index in [-0.39, 0.29) is 20.3 Å². The zero-order valence-electron chi connectivity index (χ0n) is 57.0. The summed E-state index contributed by atoms with van der Waals surface area (Å²) >= 11 is 9.06. The Hall–Kier alpha value is -6.38. The molecule has 0 N–H and O–H groups in total. The first kappa shape index (κ1) is 84.9. The van der Waals surface area contributed by atoms with Crippen molar-refractivity contribution in [1.29, 1.82) is 0 Å². The predicted molar refractivity (Wildman–Crippen MR) is 437 cm³/mol. The molecule has 0 unspecified atom stereocenters. The third-order valence-electron chi connectivity index (χ3n) is 15.7. The summed E-state index contributed by atoms with van der Waals surface area (Å²) in [6.45, 7) is 45.4. The van der Waals surface area contributed by atoms with Gasteiger partial charge in [-0.05, 0) is 281 Å². The summed E-state index contributed by atoms with van der Waals surface area (Å²) in [5.41, 5.74) is 5.52. The first-order valence-electron chi connectivity index (χ1n) is 32.4. The monoisotopic (exact) mass is 1860 g/mol. The van der Waals surface area contributed by atoms with Gasteiger partial charge in [-0.1, -0.05) is 77.2 Å². The van der Waals surface area contributed by atoms with Crippen molar-refractivity contribution in [2.45, 2.75) is 113 Å². The van der Waals surface area contributed by atoms with Gasteiger partial charge < -0.3 is 74.8 Å². The van der Waals surface area contributed by atoms with Crippen LogP contribution in [0, 0.1) is 46.0 Å². The highest BCUT2D eigenvalue weighted by molar-refractivity contribution is 14.1. The molecule has 12 rings (SSSR count). The highest BCUT2D eigenvalue weighted by atomic mass is 127. The molecule has 4 heterocycles. The van der Waals surface area contributed by atoms with Crippen LogP contribution in [0.2, 0.25) is 0 Å². The number of hydrogen-bond acceptors (Lipinski definition) is 16. The first-order chi connectivity index (χ1) is 49.1. The predicted octanol–water partition coefficient (Wildman–Crippen LogP) is 21.8. The standard InChI is InChI=1S/C20H21BINO4.C19H19BINO4.C18H17BINO4.C17H15BINO4.2CH4/c1-19(2)20(3,4)27-21(26-19)24-13-14-12-17(10-11-18(14)22)25-16-8-6-15(23-5)7-9-16;1-19(2)12-24-20(25-13-19)23-11-14-10-17(8-9-18(14)21)26-16-6-4-15(22-3)5-7-16;1-21-15-4-6-16(7-5-15)25-17-8-9-18(20)14(12-17)13-24-19-22-10-2-3-11-23-19;1-20-14-3-5-15(6-4-14)24-16-7-8-17(19)13(11-16)12-23-18-21-9-2-10-22-18;;/h6-12H,13H2,1-4H3;4-10H,11-13H2,1-2H3;4-9,12H,2-3,10-11,13H2;3-8,11H,2,9-10,12H2;2*1H4. The van der Waals surface area contributed by atoms with Crippen molar-refractivity contribution < 1.29 is 74.8 Å². The Morgan fingerprint density at radius 1 is 0.327 bits per heavy atom. The lowest BCUT2D eigenvalue weighted by molar-refractivity contribution is -0.0214. The quantitative estimate of drug-likeness (QED) is 0.0401. The fourth-order valence-electron chi connectivity index (χ4n) is 9.33. The SMILES string of the molecule is C.C.[C-]#[N+]c1ccc(Oc2ccc(I)c(COB3OC(C)(C)C(C)(C)O3)c2)cc1.[C-]#[N+]c1ccc(Oc2ccc(I)c(COB3OCC(C)(C)CO3)c2)cc1.[C-]#[N+]c1ccc(Oc2ccc(I)c(COB3OCCCCO3)c2)cc1.[C-]#[N+]c1ccc(Oc2ccc(I)c(COB3OCCCO3)c2)cc1. The molecule has 0 bridgehead atoms. The van der Waals surface area contributed by atoms with Gasteiger partial charge in [0.1, 0.15) is 46.0 Å². The van der Waals surface area contributed by atoms with Crippen molar-refractivity contribution in [2.75, 3.05) is 39.6 Å². The van der Waals surface area contributed by atoms with Crippen LogP contribution in [0.15, 0.2) is 170 Å². The Balaban J connectivity index is 0.000000193. The van der Waals surface area contributed by atoms with Gasteiger partial charge in [-0.3, -0.25) is 0 Å². The number of rotatable bonds is 20. The zero-order valence-corrected chi connectivity index (χ0v) is 65.6. The van der Waals surface area contributed by atoms with E-state index in [0.717, 1.165) is 67.3 Å². The van der Waals surface area contributed by atoms with E-state index in [2.05, 4.69) is 124 Å². The van der Waals surface area contributed by atoms with Crippen LogP contribution in [0.25, 0.3) is 19.4 Å². The molecule has 540 valence electrons. The molecule has 8 aromatic rings. The molecule has 8 aromatic carbocycles. The maximum atomic E-state index is 7.00. The second-order valence-electron chi connectivity index (χ2n) is 24.8. The third kappa shape index (κ3) is 27.1. The van der Waals surface area contributed by atoms with Gasteiger partial charge in [0.25, 0.3) is 0 Å². The van der Waals surface area contributed by atoms with E-state index in [0.29, 0.717) is 123 Å². The van der Waals surface area contributed by atoms with Gasteiger partial charge in [-0.15, -0.1) is 0 Å². The van der Waals surface area contributed by atoms with Crippen LogP contribution in [0.3, 0.4) is 0 Å². The van der Waals surface area contributed by atoms with Gasteiger partial charge in [-0.25, -0.2) is 19.4 Å². The first-order valence-corrected chi connectivity index (χ1v) is 36.7. The highest BCUT2D eigenvalue weighted by Crippen LogP contribution is 2.38. The Bertz CT molecular complexity index is 4180. The maximum Gasteiger partial charge on any atom is 0.640 e. The minimum Gasteiger partial charge on any atom is -0.457 e. The molecule has 104 heavy (non-hydrogen) atoms. The van der Waals surface area contributed by atoms with Gasteiger partial charge >= 0.3 is 29.3 Å². The molecule has 28 heteroatoms. The van der Waals surface area contributed by atoms with Crippen molar-refractivity contribution in [3.63, 3.8) is 0 Å². The van der Waals surface area contributed by atoms with Crippen LogP contribution >= 0.6 is 90.4 Å². The minimum absolute atomic E-state index is 0. The molecule has 0 atom stereocenters. The highest BCUT2D eigenvalue weighted by Gasteiger charge is 2.53. The third-order valence-corrected chi connectivity index (χ3v) is 19.9. The van der Waals surface area contributed by atoms with Crippen LogP contribution in [0.4, 0.5) is 22.7 Å². The maximum absolute atomic E-state index is 7.00. The van der Waals surface area contributed by atoms with Gasteiger partial charge in [0.15, 0.2) is 22.7 Å². The summed E-state index contributed by atoms with van der Waals surface area (Å²) in [5, 5.41) is 0. The Morgan fingerprint density at radius 3 is 0.817 bits per heavy atom. The Labute approximate surface area is 667 Å². The molecular formula is C76H80B4I4N4O16. The molecular weight excluding hydrogens is 1780 g/mol. The van der Waals surface area contributed by atoms with Gasteiger partial charge in [0, 0.05) is 59.3 Å². The topological polar surface area (TPSA) is 165 Å². The fraction of sp³-hybridized carbons (Fsp3) is 0.316. The van der Waals surface area contributed by atoms with Crippen LogP contribution in [-0.4, -0.2) is 80.1 Å². The summed E-state index contributed by atoms with van der Waals surface area (Å²) in [6, 6.07) is 51.5. The number of benzene rings is 8. The molecule has 0 aliphatic carbocycles. The van der Waals surface area contributed by atoms with Gasteiger partial charge in [-0.2, -0.15) is 0 Å². The number of ether oxygens (including phenoxy) is 4. The normalized spacial score (nSPS) is 15.4. The van der Waals surface area contributed by atoms with E-state index in [9.17, 15) is 0 Å². The summed E-state index contributed by atoms with van der Waals surface area (Å²) in [4.78, 5) is 13.5. The molecule has 0 amide bonds. The van der Waals surface area contributed by atoms with E-state index < -0.39 is 40.5 Å². The van der Waals surface area contributed by atoms with Gasteiger partial charge in [0.05, 0.1) is 63.9 Å². The van der Waals surface area contributed by atoms with Crippen molar-refractivity contribution >= 4 is 142 Å². The van der Waals surface area contributed by atoms with Crippen molar-refractivity contribution in [3.05, 3.63) is 252 Å². The van der Waals surface area contributed by atoms with Crippen LogP contribution in [0.5, 0.6) is 46.0 Å². The van der Waals surface area contributed by atoms with Crippen LogP contribution in [0.1, 0.15) is 97.9 Å². The van der Waals surface area contributed by atoms with Crippen LogP contribution < -0.4 is 18.9 Å². The van der Waals surface area contributed by atoms with E-state index in [1.807, 2.05) is 100 Å². The Morgan fingerprint density at radius 2 is 0.558 bits per heavy atom. The molecule has 4 aliphatic rings. The zero-order chi connectivity index (χ0) is 72.5. The number of hydrogen-bond donors (Lipinski definition) is 0. The summed E-state index contributed by atoms with van der Waals surface area (Å²) in [5.74, 6) is 5.61. The average Bonchev–Trinajstić information content (AvgIpc) is 1.66. The number of halogens is 4. The molecule has 4 fully saturated rings. The average molecular weight is 1860 g/mol. The smallest absolute Gasteiger partial charge is 0.457 e. The molecule has 4 saturated heterocycles. The lowest BCUT2D eigenvalue weighted by Crippen LogP contribution is -2.42. The minimum atomic E-state index is -0.698. The number of nitrogens with zero attached hydrogens (tertiary/aromatic N) is 4. The van der Waals surface area contributed by atoms with Crippen LogP contribution in [-0.2, 0) is 82.3 Å². The van der Waals surface area contributed by atoms with E-state index in [4.69, 9.17) is 101 Å². The lowest BCUT2D eigenvalue weighted by Gasteiger charge is -2.32. The molecule has 0 radical (unpaired) electrons. The van der Waals surface area contributed by atoms with Crippen molar-refractivity contribution in [1.82, 2.24) is 0 Å². The molecule has 0 spiro atoms. The molecule has 4 aliphatic heterocycles. The van der Waals surface area contributed by atoms with E-state index in [1.54, 1.807) is 97.1 Å². The molecule has 0 saturated carbocycles.